The fourth-order valence-corrected chi connectivity index (χ4v) is 2.43. The number of halogens is 1. The number of benzene rings is 2. The third kappa shape index (κ3) is 5.19. The molecule has 0 heterocycles. The van der Waals surface area contributed by atoms with Gasteiger partial charge in [-0.1, -0.05) is 31.2 Å². The third-order valence-corrected chi connectivity index (χ3v) is 3.79. The van der Waals surface area contributed by atoms with Crippen LogP contribution in [-0.4, -0.2) is 23.5 Å². The molecule has 5 heteroatoms. The lowest BCUT2D eigenvalue weighted by molar-refractivity contribution is -0.124. The van der Waals surface area contributed by atoms with Crippen LogP contribution in [0.25, 0.3) is 0 Å². The first-order chi connectivity index (χ1) is 11.5. The molecule has 1 atom stereocenters. The largest absolute Gasteiger partial charge is 0.478 e. The Morgan fingerprint density at radius 1 is 1.12 bits per heavy atom. The highest BCUT2D eigenvalue weighted by molar-refractivity contribution is 5.87. The molecule has 2 aromatic rings. The van der Waals surface area contributed by atoms with Crippen molar-refractivity contribution in [3.8, 4) is 0 Å². The van der Waals surface area contributed by atoms with Crippen molar-refractivity contribution in [1.82, 2.24) is 5.32 Å². The van der Waals surface area contributed by atoms with Gasteiger partial charge in [-0.2, -0.15) is 0 Å². The molecule has 2 N–H and O–H groups in total. The Morgan fingerprint density at radius 3 is 2.46 bits per heavy atom. The van der Waals surface area contributed by atoms with Crippen LogP contribution in [-0.2, 0) is 17.6 Å². The van der Waals surface area contributed by atoms with E-state index in [1.165, 1.54) is 12.1 Å². The second-order valence-electron chi connectivity index (χ2n) is 5.78. The number of carboxylic acids is 1. The summed E-state index contributed by atoms with van der Waals surface area (Å²) in [5.41, 5.74) is 1.99. The van der Waals surface area contributed by atoms with Crippen molar-refractivity contribution in [1.29, 1.82) is 0 Å². The van der Waals surface area contributed by atoms with Gasteiger partial charge in [-0.25, -0.2) is 9.18 Å². The van der Waals surface area contributed by atoms with Crippen molar-refractivity contribution < 1.29 is 19.1 Å². The number of nitrogens with one attached hydrogen (secondary N) is 1. The van der Waals surface area contributed by atoms with Crippen molar-refractivity contribution in [2.24, 2.45) is 5.92 Å². The predicted octanol–water partition coefficient (Wildman–Crippen LogP) is 3.06. The van der Waals surface area contributed by atoms with Gasteiger partial charge in [0.25, 0.3) is 0 Å². The molecule has 0 fully saturated rings. The van der Waals surface area contributed by atoms with E-state index in [4.69, 9.17) is 5.11 Å². The second kappa shape index (κ2) is 8.24. The lowest BCUT2D eigenvalue weighted by Gasteiger charge is -2.12. The van der Waals surface area contributed by atoms with E-state index in [1.54, 1.807) is 36.4 Å². The molecule has 0 saturated carbocycles. The van der Waals surface area contributed by atoms with Crippen LogP contribution < -0.4 is 5.32 Å². The molecule has 0 spiro atoms. The summed E-state index contributed by atoms with van der Waals surface area (Å²) in [6, 6.07) is 12.8. The number of carboxylic acid groups (broad SMARTS) is 1. The number of aromatic carboxylic acids is 1. The van der Waals surface area contributed by atoms with Gasteiger partial charge in [-0.3, -0.25) is 4.79 Å². The van der Waals surface area contributed by atoms with Gasteiger partial charge < -0.3 is 10.4 Å². The molecule has 0 aliphatic rings. The Balaban J connectivity index is 1.78. The number of hydrogen-bond donors (Lipinski definition) is 2. The molecular formula is C19H20FNO3. The van der Waals surface area contributed by atoms with E-state index in [-0.39, 0.29) is 23.2 Å². The van der Waals surface area contributed by atoms with Gasteiger partial charge in [0.05, 0.1) is 5.56 Å². The van der Waals surface area contributed by atoms with Crippen LogP contribution in [0.4, 0.5) is 4.39 Å². The first-order valence-electron chi connectivity index (χ1n) is 7.80. The summed E-state index contributed by atoms with van der Waals surface area (Å²) >= 11 is 0. The molecule has 0 saturated heterocycles. The van der Waals surface area contributed by atoms with Crippen molar-refractivity contribution >= 4 is 11.9 Å². The quantitative estimate of drug-likeness (QED) is 0.820. The minimum atomic E-state index is -0.957. The van der Waals surface area contributed by atoms with E-state index in [9.17, 15) is 14.0 Å². The first kappa shape index (κ1) is 17.7. The maximum Gasteiger partial charge on any atom is 0.335 e. The summed E-state index contributed by atoms with van der Waals surface area (Å²) in [6.45, 7) is 2.28. The summed E-state index contributed by atoms with van der Waals surface area (Å²) < 4.78 is 13.2. The topological polar surface area (TPSA) is 66.4 Å². The highest BCUT2D eigenvalue weighted by Gasteiger charge is 2.13. The third-order valence-electron chi connectivity index (χ3n) is 3.79. The monoisotopic (exact) mass is 329 g/mol. The fourth-order valence-electron chi connectivity index (χ4n) is 2.43. The first-order valence-corrected chi connectivity index (χ1v) is 7.80. The standard InChI is InChI=1S/C19H20FNO3/c1-13(11-15-3-2-4-17(20)12-15)18(22)21-10-9-14-5-7-16(8-6-14)19(23)24/h2-8,12-13H,9-11H2,1H3,(H,21,22)(H,23,24). The van der Waals surface area contributed by atoms with Gasteiger partial charge in [0.2, 0.25) is 5.91 Å². The SMILES string of the molecule is CC(Cc1cccc(F)c1)C(=O)NCCc1ccc(C(=O)O)cc1. The average molecular weight is 329 g/mol. The molecule has 0 aliphatic carbocycles. The summed E-state index contributed by atoms with van der Waals surface area (Å²) in [5.74, 6) is -1.59. The Morgan fingerprint density at radius 2 is 1.83 bits per heavy atom. The lowest BCUT2D eigenvalue weighted by Crippen LogP contribution is -2.31. The molecule has 126 valence electrons. The summed E-state index contributed by atoms with van der Waals surface area (Å²) in [6.07, 6.45) is 1.11. The number of carbonyl (C=O) groups excluding carboxylic acids is 1. The second-order valence-corrected chi connectivity index (χ2v) is 5.78. The van der Waals surface area contributed by atoms with Crippen molar-refractivity contribution in [3.63, 3.8) is 0 Å². The Kier molecular flexibility index (Phi) is 6.07. The van der Waals surface area contributed by atoms with Crippen molar-refractivity contribution in [2.45, 2.75) is 19.8 Å². The van der Waals surface area contributed by atoms with Gasteiger partial charge in [0, 0.05) is 12.5 Å². The van der Waals surface area contributed by atoms with Crippen LogP contribution in [0.3, 0.4) is 0 Å². The minimum Gasteiger partial charge on any atom is -0.478 e. The molecule has 0 aliphatic heterocycles. The average Bonchev–Trinajstić information content (AvgIpc) is 2.55. The zero-order valence-corrected chi connectivity index (χ0v) is 13.5. The van der Waals surface area contributed by atoms with E-state index in [0.29, 0.717) is 19.4 Å². The summed E-state index contributed by atoms with van der Waals surface area (Å²) in [4.78, 5) is 22.9. The highest BCUT2D eigenvalue weighted by Crippen LogP contribution is 2.10. The molecule has 1 unspecified atom stereocenters. The lowest BCUT2D eigenvalue weighted by atomic mass is 10.00. The van der Waals surface area contributed by atoms with Crippen molar-refractivity contribution in [2.75, 3.05) is 6.54 Å². The zero-order valence-electron chi connectivity index (χ0n) is 13.5. The Bertz CT molecular complexity index is 713. The maximum absolute atomic E-state index is 13.2. The normalized spacial score (nSPS) is 11.8. The molecule has 0 radical (unpaired) electrons. The zero-order chi connectivity index (χ0) is 17.5. The fraction of sp³-hybridized carbons (Fsp3) is 0.263. The van der Waals surface area contributed by atoms with E-state index in [1.807, 2.05) is 6.92 Å². The van der Waals surface area contributed by atoms with E-state index < -0.39 is 5.97 Å². The molecule has 24 heavy (non-hydrogen) atoms. The smallest absolute Gasteiger partial charge is 0.335 e. The maximum atomic E-state index is 13.2. The van der Waals surface area contributed by atoms with E-state index in [0.717, 1.165) is 11.1 Å². The molecule has 2 aromatic carbocycles. The summed E-state index contributed by atoms with van der Waals surface area (Å²) in [7, 11) is 0. The Labute approximate surface area is 140 Å². The van der Waals surface area contributed by atoms with Gasteiger partial charge in [0.15, 0.2) is 0 Å². The van der Waals surface area contributed by atoms with Crippen LogP contribution in [0.2, 0.25) is 0 Å². The molecular weight excluding hydrogens is 309 g/mol. The van der Waals surface area contributed by atoms with Gasteiger partial charge >= 0.3 is 5.97 Å². The van der Waals surface area contributed by atoms with Gasteiger partial charge in [-0.15, -0.1) is 0 Å². The molecule has 4 nitrogen and oxygen atoms in total. The van der Waals surface area contributed by atoms with Crippen LogP contribution >= 0.6 is 0 Å². The minimum absolute atomic E-state index is 0.0820. The number of amides is 1. The predicted molar refractivity (Wildman–Crippen MR) is 89.4 cm³/mol. The van der Waals surface area contributed by atoms with Crippen molar-refractivity contribution in [3.05, 3.63) is 71.0 Å². The molecule has 2 rings (SSSR count). The Hall–Kier alpha value is -2.69. The highest BCUT2D eigenvalue weighted by atomic mass is 19.1. The molecule has 0 aromatic heterocycles. The van der Waals surface area contributed by atoms with Crippen LogP contribution in [0.15, 0.2) is 48.5 Å². The number of hydrogen-bond acceptors (Lipinski definition) is 2. The number of rotatable bonds is 7. The van der Waals surface area contributed by atoms with Crippen LogP contribution in [0, 0.1) is 11.7 Å². The molecule has 0 bridgehead atoms. The van der Waals surface area contributed by atoms with Gasteiger partial charge in [0.1, 0.15) is 5.82 Å². The molecule has 1 amide bonds. The van der Waals surface area contributed by atoms with Crippen LogP contribution in [0.1, 0.15) is 28.4 Å². The van der Waals surface area contributed by atoms with E-state index >= 15 is 0 Å². The van der Waals surface area contributed by atoms with E-state index in [2.05, 4.69) is 5.32 Å². The van der Waals surface area contributed by atoms with Crippen LogP contribution in [0.5, 0.6) is 0 Å². The number of carbonyl (C=O) groups is 2. The van der Waals surface area contributed by atoms with Gasteiger partial charge in [-0.05, 0) is 48.2 Å². The summed E-state index contributed by atoms with van der Waals surface area (Å²) in [5, 5.41) is 11.7.